The van der Waals surface area contributed by atoms with E-state index in [0.29, 0.717) is 45.1 Å². The molecule has 7 nitrogen and oxygen atoms in total. The van der Waals surface area contributed by atoms with E-state index in [1.54, 1.807) is 7.11 Å². The van der Waals surface area contributed by atoms with E-state index < -0.39 is 10.8 Å². The van der Waals surface area contributed by atoms with E-state index in [1.165, 1.54) is 12.7 Å². The second kappa shape index (κ2) is 8.31. The molecule has 2 heterocycles. The normalized spacial score (nSPS) is 46.6. The molecule has 6 rings (SSSR count). The maximum Gasteiger partial charge on any atom is 0.312 e. The van der Waals surface area contributed by atoms with E-state index in [2.05, 4.69) is 26.8 Å². The molecule has 4 saturated carbocycles. The number of fused-ring (bicyclic) bond motifs is 3. The van der Waals surface area contributed by atoms with Gasteiger partial charge in [-0.3, -0.25) is 9.59 Å². The number of allylic oxidation sites excluding steroid dienone is 1. The maximum absolute atomic E-state index is 13.6. The highest BCUT2D eigenvalue weighted by atomic mass is 16.6. The molecule has 6 atom stereocenters. The predicted octanol–water partition coefficient (Wildman–Crippen LogP) is 4.12. The highest BCUT2D eigenvalue weighted by Gasteiger charge is 2.72. The van der Waals surface area contributed by atoms with Crippen molar-refractivity contribution in [1.82, 2.24) is 0 Å². The Morgan fingerprint density at radius 1 is 0.971 bits per heavy atom. The largest absolute Gasteiger partial charge is 0.469 e. The van der Waals surface area contributed by atoms with E-state index in [-0.39, 0.29) is 47.4 Å². The molecule has 6 aliphatic rings. The molecule has 1 unspecified atom stereocenters. The summed E-state index contributed by atoms with van der Waals surface area (Å²) in [7, 11) is 3.16. The van der Waals surface area contributed by atoms with Gasteiger partial charge in [0.1, 0.15) is 23.4 Å². The van der Waals surface area contributed by atoms with Gasteiger partial charge in [0, 0.05) is 7.11 Å². The molecule has 4 aliphatic carbocycles. The van der Waals surface area contributed by atoms with Gasteiger partial charge in [0.15, 0.2) is 0 Å². The van der Waals surface area contributed by atoms with Gasteiger partial charge < -0.3 is 23.7 Å². The van der Waals surface area contributed by atoms with E-state index in [0.717, 1.165) is 19.3 Å². The molecule has 0 aromatic heterocycles. The minimum absolute atomic E-state index is 0.0225. The molecule has 0 aromatic rings. The minimum atomic E-state index is -0.485. The third kappa shape index (κ3) is 3.73. The van der Waals surface area contributed by atoms with Gasteiger partial charge in [-0.1, -0.05) is 11.6 Å². The third-order valence-electron chi connectivity index (χ3n) is 9.79. The molecular formula is C27H40O7. The lowest BCUT2D eigenvalue weighted by atomic mass is 9.53. The fourth-order valence-corrected chi connectivity index (χ4v) is 7.35. The molecule has 2 bridgehead atoms. The summed E-state index contributed by atoms with van der Waals surface area (Å²) in [6, 6.07) is 0. The minimum Gasteiger partial charge on any atom is -0.469 e. The van der Waals surface area contributed by atoms with Gasteiger partial charge >= 0.3 is 11.9 Å². The van der Waals surface area contributed by atoms with Crippen LogP contribution in [-0.4, -0.2) is 62.3 Å². The maximum atomic E-state index is 13.6. The zero-order valence-corrected chi connectivity index (χ0v) is 21.3. The Morgan fingerprint density at radius 2 is 1.56 bits per heavy atom. The van der Waals surface area contributed by atoms with Gasteiger partial charge in [-0.15, -0.1) is 0 Å². The van der Waals surface area contributed by atoms with Gasteiger partial charge in [0.05, 0.1) is 36.6 Å². The van der Waals surface area contributed by atoms with Crippen molar-refractivity contribution in [3.63, 3.8) is 0 Å². The third-order valence-corrected chi connectivity index (χ3v) is 9.79. The van der Waals surface area contributed by atoms with Crippen LogP contribution >= 0.6 is 0 Å². The summed E-state index contributed by atoms with van der Waals surface area (Å²) in [5, 5.41) is 0. The number of hydrogen-bond acceptors (Lipinski definition) is 7. The Bertz CT molecular complexity index is 846. The quantitative estimate of drug-likeness (QED) is 0.310. The average molecular weight is 477 g/mol. The Hall–Kier alpha value is -1.44. The fraction of sp³-hybridized carbons (Fsp3) is 0.852. The van der Waals surface area contributed by atoms with Crippen molar-refractivity contribution in [3.8, 4) is 0 Å². The molecule has 2 saturated heterocycles. The van der Waals surface area contributed by atoms with Crippen LogP contribution < -0.4 is 0 Å². The molecule has 190 valence electrons. The zero-order chi connectivity index (χ0) is 24.4. The Kier molecular flexibility index (Phi) is 5.93. The molecule has 0 amide bonds. The number of carbonyl (C=O) groups is 2. The molecular weight excluding hydrogens is 436 g/mol. The number of carbonyl (C=O) groups excluding carboxylic acids is 2. The molecule has 1 spiro atoms. The van der Waals surface area contributed by atoms with Crippen LogP contribution in [-0.2, 0) is 33.3 Å². The smallest absolute Gasteiger partial charge is 0.312 e. The van der Waals surface area contributed by atoms with E-state index in [4.69, 9.17) is 23.7 Å². The van der Waals surface area contributed by atoms with E-state index in [9.17, 15) is 9.59 Å². The first-order valence-electron chi connectivity index (χ1n) is 12.9. The monoisotopic (exact) mass is 476 g/mol. The first-order chi connectivity index (χ1) is 16.1. The number of esters is 2. The lowest BCUT2D eigenvalue weighted by Gasteiger charge is -2.51. The number of hydrogen-bond donors (Lipinski definition) is 0. The highest BCUT2D eigenvalue weighted by molar-refractivity contribution is 5.81. The second-order valence-electron chi connectivity index (χ2n) is 11.9. The van der Waals surface area contributed by atoms with Gasteiger partial charge in [-0.2, -0.15) is 0 Å². The summed E-state index contributed by atoms with van der Waals surface area (Å²) < 4.78 is 29.7. The summed E-state index contributed by atoms with van der Waals surface area (Å²) in [6.45, 7) is 7.08. The van der Waals surface area contributed by atoms with Gasteiger partial charge in [0.2, 0.25) is 0 Å². The van der Waals surface area contributed by atoms with Gasteiger partial charge in [-0.25, -0.2) is 0 Å². The SMILES string of the molecule is COC(=O)C12CCC(C(=O)O[C@@H]3CC[C@]4(CO4)[C@@H](C4(C)O[C@@H]4CC=C(C)C)[C@@H]3OC)(CC1)CC2. The van der Waals surface area contributed by atoms with Crippen LogP contribution in [0.4, 0.5) is 0 Å². The molecule has 0 N–H and O–H groups in total. The Morgan fingerprint density at radius 3 is 2.06 bits per heavy atom. The van der Waals surface area contributed by atoms with Crippen molar-refractivity contribution in [2.45, 2.75) is 108 Å². The van der Waals surface area contributed by atoms with Crippen molar-refractivity contribution in [1.29, 1.82) is 0 Å². The van der Waals surface area contributed by atoms with Gasteiger partial charge in [-0.05, 0) is 78.6 Å². The number of methoxy groups -OCH3 is 2. The lowest BCUT2D eigenvalue weighted by Crippen LogP contribution is -2.57. The summed E-state index contributed by atoms with van der Waals surface area (Å²) >= 11 is 0. The summed E-state index contributed by atoms with van der Waals surface area (Å²) in [5.74, 6) is -0.222. The second-order valence-corrected chi connectivity index (χ2v) is 11.9. The van der Waals surface area contributed by atoms with Crippen LogP contribution in [0.3, 0.4) is 0 Å². The van der Waals surface area contributed by atoms with Crippen LogP contribution in [0.5, 0.6) is 0 Å². The lowest BCUT2D eigenvalue weighted by molar-refractivity contribution is -0.193. The van der Waals surface area contributed by atoms with Crippen molar-refractivity contribution >= 4 is 11.9 Å². The van der Waals surface area contributed by atoms with Crippen molar-refractivity contribution in [2.75, 3.05) is 20.8 Å². The Balaban J connectivity index is 1.29. The highest BCUT2D eigenvalue weighted by Crippen LogP contribution is 2.61. The first kappa shape index (κ1) is 24.3. The molecule has 6 fully saturated rings. The molecule has 2 aliphatic heterocycles. The van der Waals surface area contributed by atoms with E-state index >= 15 is 0 Å². The number of rotatable bonds is 7. The first-order valence-corrected chi connectivity index (χ1v) is 12.9. The molecule has 0 radical (unpaired) electrons. The van der Waals surface area contributed by atoms with E-state index in [1.807, 2.05) is 0 Å². The van der Waals surface area contributed by atoms with Crippen LogP contribution in [0.2, 0.25) is 0 Å². The fourth-order valence-electron chi connectivity index (χ4n) is 7.35. The average Bonchev–Trinajstić information content (AvgIpc) is 3.76. The molecule has 0 aromatic carbocycles. The molecule has 7 heteroatoms. The van der Waals surface area contributed by atoms with Crippen LogP contribution in [0.1, 0.15) is 78.6 Å². The standard InChI is InChI=1S/C27H40O7/c1-17(2)6-7-19-24(3,34-19)21-20(30-4)18(8-9-27(21)16-32-27)33-23(29)26-13-10-25(11-14-26,12-15-26)22(28)31-5/h6,18-21H,7-16H2,1-5H3/t18-,19-,20-,21-,24?,25?,26?,27+/m1/s1. The predicted molar refractivity (Wildman–Crippen MR) is 124 cm³/mol. The van der Waals surface area contributed by atoms with Crippen molar-refractivity contribution < 1.29 is 33.3 Å². The van der Waals surface area contributed by atoms with Gasteiger partial charge in [0.25, 0.3) is 0 Å². The van der Waals surface area contributed by atoms with Crippen molar-refractivity contribution in [2.24, 2.45) is 16.7 Å². The number of epoxide rings is 2. The summed E-state index contributed by atoms with van der Waals surface area (Å²) in [4.78, 5) is 25.9. The summed E-state index contributed by atoms with van der Waals surface area (Å²) in [6.07, 6.45) is 8.39. The zero-order valence-electron chi connectivity index (χ0n) is 21.3. The van der Waals surface area contributed by atoms with Crippen LogP contribution in [0.25, 0.3) is 0 Å². The van der Waals surface area contributed by atoms with Crippen molar-refractivity contribution in [3.05, 3.63) is 11.6 Å². The Labute approximate surface area is 202 Å². The number of ether oxygens (including phenoxy) is 5. The molecule has 34 heavy (non-hydrogen) atoms. The summed E-state index contributed by atoms with van der Waals surface area (Å²) in [5.41, 5.74) is -0.186. The topological polar surface area (TPSA) is 86.9 Å². The van der Waals surface area contributed by atoms with Crippen LogP contribution in [0, 0.1) is 16.7 Å². The van der Waals surface area contributed by atoms with Crippen LogP contribution in [0.15, 0.2) is 11.6 Å².